The van der Waals surface area contributed by atoms with E-state index in [9.17, 15) is 9.90 Å². The van der Waals surface area contributed by atoms with Crippen LogP contribution in [0.1, 0.15) is 30.1 Å². The second-order valence-electron chi connectivity index (χ2n) is 6.08. The molecule has 0 bridgehead atoms. The third-order valence-electron chi connectivity index (χ3n) is 4.17. The average molecular weight is 277 g/mol. The van der Waals surface area contributed by atoms with Gasteiger partial charge < -0.3 is 21.1 Å². The second-order valence-corrected chi connectivity index (χ2v) is 6.08. The molecule has 0 unspecified atom stereocenters. The zero-order valence-corrected chi connectivity index (χ0v) is 12.1. The Morgan fingerprint density at radius 3 is 2.70 bits per heavy atom. The molecular formula is C15H23N3O2. The first-order valence-corrected chi connectivity index (χ1v) is 6.95. The molecule has 1 fully saturated rings. The number of benzene rings is 1. The zero-order valence-electron chi connectivity index (χ0n) is 12.1. The monoisotopic (exact) mass is 277 g/mol. The van der Waals surface area contributed by atoms with Gasteiger partial charge in [-0.25, -0.2) is 4.79 Å². The topological polar surface area (TPSA) is 78.6 Å². The van der Waals surface area contributed by atoms with Gasteiger partial charge in [0.2, 0.25) is 0 Å². The van der Waals surface area contributed by atoms with E-state index in [1.807, 2.05) is 0 Å². The normalized spacial score (nSPS) is 18.7. The molecule has 1 aromatic rings. The molecule has 1 aromatic carbocycles. The summed E-state index contributed by atoms with van der Waals surface area (Å²) >= 11 is 0. The molecule has 1 saturated heterocycles. The Morgan fingerprint density at radius 1 is 1.45 bits per heavy atom. The minimum atomic E-state index is -0.930. The number of piperidine rings is 1. The SMILES string of the molecule is CN1CCC(C)(CNc2cc(N)ccc2C(=O)O)CC1. The Kier molecular flexibility index (Phi) is 4.18. The molecule has 2 rings (SSSR count). The second kappa shape index (κ2) is 5.71. The molecule has 0 spiro atoms. The number of carbonyl (C=O) groups is 1. The first kappa shape index (κ1) is 14.7. The van der Waals surface area contributed by atoms with Crippen molar-refractivity contribution in [3.05, 3.63) is 23.8 Å². The predicted octanol–water partition coefficient (Wildman–Crippen LogP) is 2.11. The fourth-order valence-electron chi connectivity index (χ4n) is 2.54. The minimum absolute atomic E-state index is 0.201. The van der Waals surface area contributed by atoms with Crippen LogP contribution in [-0.2, 0) is 0 Å². The molecule has 0 atom stereocenters. The first-order chi connectivity index (χ1) is 9.39. The Balaban J connectivity index is 2.07. The van der Waals surface area contributed by atoms with Crippen LogP contribution < -0.4 is 11.1 Å². The quantitative estimate of drug-likeness (QED) is 0.735. The lowest BCUT2D eigenvalue weighted by atomic mass is 9.80. The van der Waals surface area contributed by atoms with Crippen molar-refractivity contribution in [1.82, 2.24) is 4.90 Å². The fraction of sp³-hybridized carbons (Fsp3) is 0.533. The highest BCUT2D eigenvalue weighted by Gasteiger charge is 2.28. The summed E-state index contributed by atoms with van der Waals surface area (Å²) in [5, 5.41) is 12.5. The summed E-state index contributed by atoms with van der Waals surface area (Å²) in [5.74, 6) is -0.930. The molecule has 0 saturated carbocycles. The van der Waals surface area contributed by atoms with Crippen LogP contribution in [0.5, 0.6) is 0 Å². The third kappa shape index (κ3) is 3.42. The van der Waals surface area contributed by atoms with Crippen LogP contribution in [0.3, 0.4) is 0 Å². The van der Waals surface area contributed by atoms with E-state index in [1.165, 1.54) is 0 Å². The fourth-order valence-corrected chi connectivity index (χ4v) is 2.54. The van der Waals surface area contributed by atoms with Crippen LogP contribution in [-0.4, -0.2) is 42.7 Å². The van der Waals surface area contributed by atoms with Gasteiger partial charge in [0.15, 0.2) is 0 Å². The van der Waals surface area contributed by atoms with Crippen LogP contribution in [0.25, 0.3) is 0 Å². The lowest BCUT2D eigenvalue weighted by molar-refractivity contribution is 0.0697. The number of likely N-dealkylation sites (tertiary alicyclic amines) is 1. The number of aromatic carboxylic acids is 1. The molecule has 1 heterocycles. The van der Waals surface area contributed by atoms with E-state index < -0.39 is 5.97 Å². The van der Waals surface area contributed by atoms with E-state index >= 15 is 0 Å². The van der Waals surface area contributed by atoms with E-state index in [0.717, 1.165) is 32.5 Å². The van der Waals surface area contributed by atoms with Crippen molar-refractivity contribution in [3.8, 4) is 0 Å². The Hall–Kier alpha value is -1.75. The standard InChI is InChI=1S/C15H23N3O2/c1-15(5-7-18(2)8-6-15)10-17-13-9-11(16)3-4-12(13)14(19)20/h3-4,9,17H,5-8,10,16H2,1-2H3,(H,19,20). The zero-order chi connectivity index (χ0) is 14.8. The lowest BCUT2D eigenvalue weighted by Gasteiger charge is -2.38. The number of carboxylic acid groups (broad SMARTS) is 1. The van der Waals surface area contributed by atoms with Gasteiger partial charge in [-0.2, -0.15) is 0 Å². The number of anilines is 2. The van der Waals surface area contributed by atoms with Gasteiger partial charge >= 0.3 is 5.97 Å². The van der Waals surface area contributed by atoms with Crippen molar-refractivity contribution in [1.29, 1.82) is 0 Å². The van der Waals surface area contributed by atoms with Crippen molar-refractivity contribution in [2.24, 2.45) is 5.41 Å². The van der Waals surface area contributed by atoms with Crippen molar-refractivity contribution in [2.45, 2.75) is 19.8 Å². The number of nitrogens with one attached hydrogen (secondary N) is 1. The third-order valence-corrected chi connectivity index (χ3v) is 4.17. The van der Waals surface area contributed by atoms with Gasteiger partial charge in [-0.15, -0.1) is 0 Å². The average Bonchev–Trinajstić information content (AvgIpc) is 2.40. The van der Waals surface area contributed by atoms with Gasteiger partial charge in [0, 0.05) is 12.2 Å². The van der Waals surface area contributed by atoms with Crippen molar-refractivity contribution >= 4 is 17.3 Å². The Bertz CT molecular complexity index is 494. The molecule has 5 heteroatoms. The van der Waals surface area contributed by atoms with Crippen molar-refractivity contribution < 1.29 is 9.90 Å². The molecule has 0 aliphatic carbocycles. The van der Waals surface area contributed by atoms with E-state index in [4.69, 9.17) is 5.73 Å². The van der Waals surface area contributed by atoms with Crippen LogP contribution in [0.4, 0.5) is 11.4 Å². The summed E-state index contributed by atoms with van der Waals surface area (Å²) in [6, 6.07) is 4.87. The van der Waals surface area contributed by atoms with Gasteiger partial charge in [-0.05, 0) is 56.6 Å². The van der Waals surface area contributed by atoms with Crippen molar-refractivity contribution in [2.75, 3.05) is 37.7 Å². The summed E-state index contributed by atoms with van der Waals surface area (Å²) in [4.78, 5) is 13.5. The molecule has 0 radical (unpaired) electrons. The maximum atomic E-state index is 11.2. The van der Waals surface area contributed by atoms with E-state index in [2.05, 4.69) is 24.2 Å². The lowest BCUT2D eigenvalue weighted by Crippen LogP contribution is -2.40. The summed E-state index contributed by atoms with van der Waals surface area (Å²) in [5.41, 5.74) is 7.41. The summed E-state index contributed by atoms with van der Waals surface area (Å²) < 4.78 is 0. The van der Waals surface area contributed by atoms with Gasteiger partial charge in [-0.3, -0.25) is 0 Å². The molecule has 0 amide bonds. The van der Waals surface area contributed by atoms with Gasteiger partial charge in [0.05, 0.1) is 11.3 Å². The number of hydrogen-bond acceptors (Lipinski definition) is 4. The van der Waals surface area contributed by atoms with E-state index in [1.54, 1.807) is 18.2 Å². The molecule has 1 aliphatic heterocycles. The highest BCUT2D eigenvalue weighted by atomic mass is 16.4. The molecule has 0 aromatic heterocycles. The molecular weight excluding hydrogens is 254 g/mol. The molecule has 110 valence electrons. The Labute approximate surface area is 119 Å². The number of carboxylic acids is 1. The largest absolute Gasteiger partial charge is 0.478 e. The highest BCUT2D eigenvalue weighted by molar-refractivity contribution is 5.95. The predicted molar refractivity (Wildman–Crippen MR) is 81.1 cm³/mol. The number of nitrogens with two attached hydrogens (primary N) is 1. The summed E-state index contributed by atoms with van der Waals surface area (Å²) in [6.07, 6.45) is 2.22. The van der Waals surface area contributed by atoms with E-state index in [0.29, 0.717) is 11.4 Å². The number of hydrogen-bond donors (Lipinski definition) is 3. The highest BCUT2D eigenvalue weighted by Crippen LogP contribution is 2.31. The summed E-state index contributed by atoms with van der Waals surface area (Å²) in [7, 11) is 2.13. The van der Waals surface area contributed by atoms with E-state index in [-0.39, 0.29) is 11.0 Å². The minimum Gasteiger partial charge on any atom is -0.478 e. The van der Waals surface area contributed by atoms with Crippen LogP contribution >= 0.6 is 0 Å². The van der Waals surface area contributed by atoms with Crippen LogP contribution in [0.15, 0.2) is 18.2 Å². The number of nitrogens with zero attached hydrogens (tertiary/aromatic N) is 1. The van der Waals surface area contributed by atoms with Crippen LogP contribution in [0, 0.1) is 5.41 Å². The molecule has 1 aliphatic rings. The van der Waals surface area contributed by atoms with Crippen molar-refractivity contribution in [3.63, 3.8) is 0 Å². The van der Waals surface area contributed by atoms with Gasteiger partial charge in [-0.1, -0.05) is 6.92 Å². The summed E-state index contributed by atoms with van der Waals surface area (Å²) in [6.45, 7) is 5.19. The molecule has 5 nitrogen and oxygen atoms in total. The smallest absolute Gasteiger partial charge is 0.337 e. The first-order valence-electron chi connectivity index (χ1n) is 6.95. The Morgan fingerprint density at radius 2 is 2.10 bits per heavy atom. The number of rotatable bonds is 4. The van der Waals surface area contributed by atoms with Gasteiger partial charge in [0.25, 0.3) is 0 Å². The molecule has 4 N–H and O–H groups in total. The maximum Gasteiger partial charge on any atom is 0.337 e. The maximum absolute atomic E-state index is 11.2. The van der Waals surface area contributed by atoms with Crippen LogP contribution in [0.2, 0.25) is 0 Å². The van der Waals surface area contributed by atoms with Gasteiger partial charge in [0.1, 0.15) is 0 Å². The number of nitrogen functional groups attached to an aromatic ring is 1. The molecule has 20 heavy (non-hydrogen) atoms.